The minimum absolute atomic E-state index is 0.0869. The van der Waals surface area contributed by atoms with Crippen LogP contribution in [0.3, 0.4) is 0 Å². The number of thioether (sulfide) groups is 1. The number of anilines is 2. The number of carbonyl (C=O) groups is 1. The lowest BCUT2D eigenvalue weighted by molar-refractivity contribution is -0.113. The molecule has 1 amide bonds. The van der Waals surface area contributed by atoms with Crippen LogP contribution in [-0.4, -0.2) is 26.2 Å². The molecule has 114 valence electrons. The van der Waals surface area contributed by atoms with Crippen molar-refractivity contribution in [3.8, 4) is 0 Å². The van der Waals surface area contributed by atoms with Crippen molar-refractivity contribution < 1.29 is 4.79 Å². The molecule has 3 N–H and O–H groups in total. The van der Waals surface area contributed by atoms with Gasteiger partial charge < -0.3 is 15.6 Å². The summed E-state index contributed by atoms with van der Waals surface area (Å²) >= 11 is 1.13. The summed E-state index contributed by atoms with van der Waals surface area (Å²) < 4.78 is 1.62. The Morgan fingerprint density at radius 3 is 3.00 bits per heavy atom. The first kappa shape index (κ1) is 15.8. The highest BCUT2D eigenvalue weighted by Gasteiger charge is 2.10. The van der Waals surface area contributed by atoms with Crippen LogP contribution in [0.2, 0.25) is 0 Å². The second-order valence-electron chi connectivity index (χ2n) is 4.25. The van der Waals surface area contributed by atoms with Crippen molar-refractivity contribution in [2.24, 2.45) is 0 Å². The lowest BCUT2D eigenvalue weighted by Gasteiger charge is -2.12. The summed E-state index contributed by atoms with van der Waals surface area (Å²) in [5.41, 5.74) is 5.35. The minimum atomic E-state index is -0.439. The Bertz CT molecular complexity index is 730. The predicted octanol–water partition coefficient (Wildman–Crippen LogP) is 1.14. The fourth-order valence-electron chi connectivity index (χ4n) is 1.67. The van der Waals surface area contributed by atoms with Gasteiger partial charge in [0.05, 0.1) is 5.75 Å². The van der Waals surface area contributed by atoms with Gasteiger partial charge in [0.25, 0.3) is 5.56 Å². The van der Waals surface area contributed by atoms with Crippen molar-refractivity contribution in [3.05, 3.63) is 53.5 Å². The normalized spacial score (nSPS) is 10.2. The van der Waals surface area contributed by atoms with E-state index in [1.807, 2.05) is 0 Å². The van der Waals surface area contributed by atoms with Gasteiger partial charge in [-0.3, -0.25) is 9.59 Å². The summed E-state index contributed by atoms with van der Waals surface area (Å²) in [5, 5.41) is 3.03. The molecule has 0 unspecified atom stereocenters. The number of rotatable bonds is 6. The average molecular weight is 317 g/mol. The second kappa shape index (κ2) is 7.41. The number of nitrogens with two attached hydrogens (primary N) is 1. The first-order valence-electron chi connectivity index (χ1n) is 6.42. The van der Waals surface area contributed by atoms with Crippen LogP contribution in [0.15, 0.2) is 53.1 Å². The zero-order valence-corrected chi connectivity index (χ0v) is 12.5. The number of hydrogen-bond acceptors (Lipinski definition) is 6. The maximum absolute atomic E-state index is 11.9. The number of nitrogens with one attached hydrogen (secondary N) is 1. The lowest BCUT2D eigenvalue weighted by atomic mass is 10.4. The number of aromatic nitrogens is 3. The summed E-state index contributed by atoms with van der Waals surface area (Å²) in [6.45, 7) is 4.04. The molecule has 0 spiro atoms. The zero-order valence-electron chi connectivity index (χ0n) is 11.7. The minimum Gasteiger partial charge on any atom is -0.385 e. The quantitative estimate of drug-likeness (QED) is 0.470. The van der Waals surface area contributed by atoms with Gasteiger partial charge in [-0.1, -0.05) is 23.9 Å². The van der Waals surface area contributed by atoms with Crippen molar-refractivity contribution in [2.75, 3.05) is 16.8 Å². The van der Waals surface area contributed by atoms with Crippen LogP contribution >= 0.6 is 11.8 Å². The van der Waals surface area contributed by atoms with Crippen molar-refractivity contribution >= 4 is 29.3 Å². The van der Waals surface area contributed by atoms with E-state index in [2.05, 4.69) is 21.9 Å². The second-order valence-corrected chi connectivity index (χ2v) is 5.20. The SMILES string of the molecule is C=CCn1c(N)cc(=O)nc1SCC(=O)Nc1ccccn1. The van der Waals surface area contributed by atoms with E-state index in [0.717, 1.165) is 11.8 Å². The number of allylic oxidation sites excluding steroid dienone is 1. The molecule has 0 aromatic carbocycles. The van der Waals surface area contributed by atoms with Crippen LogP contribution in [0.1, 0.15) is 0 Å². The molecule has 0 saturated heterocycles. The molecule has 0 aliphatic heterocycles. The van der Waals surface area contributed by atoms with E-state index in [0.29, 0.717) is 17.5 Å². The molecule has 7 nitrogen and oxygen atoms in total. The highest BCUT2D eigenvalue weighted by Crippen LogP contribution is 2.17. The summed E-state index contributed by atoms with van der Waals surface area (Å²) in [4.78, 5) is 31.2. The molecule has 2 aromatic heterocycles. The molecule has 0 atom stereocenters. The number of nitrogens with zero attached hydrogens (tertiary/aromatic N) is 3. The van der Waals surface area contributed by atoms with E-state index in [4.69, 9.17) is 5.73 Å². The van der Waals surface area contributed by atoms with E-state index < -0.39 is 5.56 Å². The number of amides is 1. The Kier molecular flexibility index (Phi) is 5.31. The van der Waals surface area contributed by atoms with Gasteiger partial charge in [0.15, 0.2) is 5.16 Å². The third-order valence-electron chi connectivity index (χ3n) is 2.60. The van der Waals surface area contributed by atoms with E-state index in [1.165, 1.54) is 6.07 Å². The Hall–Kier alpha value is -2.61. The number of carbonyl (C=O) groups excluding carboxylic acids is 1. The van der Waals surface area contributed by atoms with Gasteiger partial charge in [-0.15, -0.1) is 6.58 Å². The van der Waals surface area contributed by atoms with Crippen LogP contribution < -0.4 is 16.6 Å². The van der Waals surface area contributed by atoms with Crippen molar-refractivity contribution in [3.63, 3.8) is 0 Å². The number of hydrogen-bond donors (Lipinski definition) is 2. The summed E-state index contributed by atoms with van der Waals surface area (Å²) in [5.74, 6) is 0.596. The molecule has 8 heteroatoms. The molecule has 0 saturated carbocycles. The summed E-state index contributed by atoms with van der Waals surface area (Å²) in [6.07, 6.45) is 3.23. The Morgan fingerprint density at radius 1 is 1.50 bits per heavy atom. The third-order valence-corrected chi connectivity index (χ3v) is 3.57. The highest BCUT2D eigenvalue weighted by molar-refractivity contribution is 7.99. The van der Waals surface area contributed by atoms with Gasteiger partial charge in [-0.25, -0.2) is 4.98 Å². The fourth-order valence-corrected chi connectivity index (χ4v) is 2.49. The van der Waals surface area contributed by atoms with Crippen LogP contribution in [0, 0.1) is 0 Å². The number of nitrogen functional groups attached to an aromatic ring is 1. The molecule has 0 fully saturated rings. The van der Waals surface area contributed by atoms with Crippen molar-refractivity contribution in [1.29, 1.82) is 0 Å². The van der Waals surface area contributed by atoms with Crippen molar-refractivity contribution in [1.82, 2.24) is 14.5 Å². The van der Waals surface area contributed by atoms with E-state index >= 15 is 0 Å². The topological polar surface area (TPSA) is 103 Å². The standard InChI is InChI=1S/C14H15N5O2S/c1-2-7-19-10(15)8-12(20)18-14(19)22-9-13(21)17-11-5-3-4-6-16-11/h2-6,8H,1,7,9,15H2,(H,16,17,21). The maximum Gasteiger partial charge on any atom is 0.275 e. The molecule has 0 aliphatic carbocycles. The van der Waals surface area contributed by atoms with Gasteiger partial charge >= 0.3 is 0 Å². The van der Waals surface area contributed by atoms with Crippen LogP contribution in [-0.2, 0) is 11.3 Å². The molecular weight excluding hydrogens is 302 g/mol. The van der Waals surface area contributed by atoms with Crippen LogP contribution in [0.25, 0.3) is 0 Å². The predicted molar refractivity (Wildman–Crippen MR) is 86.7 cm³/mol. The average Bonchev–Trinajstić information content (AvgIpc) is 2.49. The summed E-state index contributed by atoms with van der Waals surface area (Å²) in [7, 11) is 0. The molecule has 22 heavy (non-hydrogen) atoms. The molecule has 2 rings (SSSR count). The van der Waals surface area contributed by atoms with Gasteiger partial charge in [-0.05, 0) is 12.1 Å². The van der Waals surface area contributed by atoms with E-state index in [1.54, 1.807) is 35.0 Å². The Labute approximate surface area is 131 Å². The largest absolute Gasteiger partial charge is 0.385 e. The zero-order chi connectivity index (χ0) is 15.9. The van der Waals surface area contributed by atoms with Gasteiger partial charge in [0.2, 0.25) is 5.91 Å². The maximum atomic E-state index is 11.9. The van der Waals surface area contributed by atoms with Gasteiger partial charge in [0, 0.05) is 18.8 Å². The van der Waals surface area contributed by atoms with Crippen LogP contribution in [0.5, 0.6) is 0 Å². The third kappa shape index (κ3) is 4.19. The molecule has 2 heterocycles. The van der Waals surface area contributed by atoms with E-state index in [9.17, 15) is 9.59 Å². The van der Waals surface area contributed by atoms with Gasteiger partial charge in [-0.2, -0.15) is 4.98 Å². The Balaban J connectivity index is 2.06. The van der Waals surface area contributed by atoms with Crippen LogP contribution in [0.4, 0.5) is 11.6 Å². The molecule has 0 bridgehead atoms. The number of pyridine rings is 1. The fraction of sp³-hybridized carbons (Fsp3) is 0.143. The summed E-state index contributed by atoms with van der Waals surface area (Å²) in [6, 6.07) is 6.46. The first-order chi connectivity index (χ1) is 10.6. The van der Waals surface area contributed by atoms with E-state index in [-0.39, 0.29) is 17.5 Å². The Morgan fingerprint density at radius 2 is 2.32 bits per heavy atom. The highest BCUT2D eigenvalue weighted by atomic mass is 32.2. The molecule has 0 aliphatic rings. The molecule has 2 aromatic rings. The van der Waals surface area contributed by atoms with Gasteiger partial charge in [0.1, 0.15) is 11.6 Å². The smallest absolute Gasteiger partial charge is 0.275 e. The monoisotopic (exact) mass is 317 g/mol. The first-order valence-corrected chi connectivity index (χ1v) is 7.40. The van der Waals surface area contributed by atoms with Crippen molar-refractivity contribution in [2.45, 2.75) is 11.7 Å². The lowest BCUT2D eigenvalue weighted by Crippen LogP contribution is -2.20. The molecule has 0 radical (unpaired) electrons. The molecular formula is C14H15N5O2S.